The first kappa shape index (κ1) is 13.5. The summed E-state index contributed by atoms with van der Waals surface area (Å²) in [5.74, 6) is 0.924. The van der Waals surface area contributed by atoms with Crippen molar-refractivity contribution in [3.63, 3.8) is 0 Å². The van der Waals surface area contributed by atoms with Gasteiger partial charge in [0.05, 0.1) is 0 Å². The highest BCUT2D eigenvalue weighted by molar-refractivity contribution is 5.48. The van der Waals surface area contributed by atoms with E-state index in [0.717, 1.165) is 18.0 Å². The van der Waals surface area contributed by atoms with Crippen LogP contribution < -0.4 is 10.1 Å². The molecule has 1 N–H and O–H groups in total. The summed E-state index contributed by atoms with van der Waals surface area (Å²) in [6.45, 7) is 7.76. The van der Waals surface area contributed by atoms with Gasteiger partial charge in [0.2, 0.25) is 0 Å². The molecule has 0 aliphatic heterocycles. The number of ether oxygens (including phenoxy) is 1. The molecule has 2 aromatic rings. The van der Waals surface area contributed by atoms with E-state index < -0.39 is 0 Å². The quantitative estimate of drug-likeness (QED) is 0.812. The van der Waals surface area contributed by atoms with Gasteiger partial charge >= 0.3 is 0 Å². The van der Waals surface area contributed by atoms with Crippen LogP contribution >= 0.6 is 0 Å². The zero-order chi connectivity index (χ0) is 13.7. The predicted molar refractivity (Wildman–Crippen MR) is 81.1 cm³/mol. The molecule has 0 bridgehead atoms. The van der Waals surface area contributed by atoms with Crippen molar-refractivity contribution in [1.82, 2.24) is 0 Å². The van der Waals surface area contributed by atoms with E-state index in [2.05, 4.69) is 56.4 Å². The molecule has 0 saturated carbocycles. The number of aryl methyl sites for hydroxylation is 3. The highest BCUT2D eigenvalue weighted by Gasteiger charge is 1.96. The number of nitrogens with one attached hydrogen (secondary N) is 1. The third kappa shape index (κ3) is 4.32. The van der Waals surface area contributed by atoms with Gasteiger partial charge in [0.25, 0.3) is 0 Å². The summed E-state index contributed by atoms with van der Waals surface area (Å²) in [5, 5.41) is 3.38. The lowest BCUT2D eigenvalue weighted by Crippen LogP contribution is -2.11. The highest BCUT2D eigenvalue weighted by atomic mass is 16.5. The lowest BCUT2D eigenvalue weighted by Gasteiger charge is -2.10. The van der Waals surface area contributed by atoms with Gasteiger partial charge in [-0.05, 0) is 56.2 Å². The molecule has 0 atom stereocenters. The van der Waals surface area contributed by atoms with Gasteiger partial charge in [0, 0.05) is 12.2 Å². The number of anilines is 1. The molecule has 0 saturated heterocycles. The lowest BCUT2D eigenvalue weighted by molar-refractivity contribution is 0.333. The average Bonchev–Trinajstić information content (AvgIpc) is 2.36. The van der Waals surface area contributed by atoms with Crippen LogP contribution in [0.15, 0.2) is 42.5 Å². The monoisotopic (exact) mass is 255 g/mol. The van der Waals surface area contributed by atoms with Crippen molar-refractivity contribution in [2.24, 2.45) is 0 Å². The van der Waals surface area contributed by atoms with Crippen molar-refractivity contribution in [3.05, 3.63) is 59.2 Å². The fourth-order valence-electron chi connectivity index (χ4n) is 2.08. The molecule has 2 rings (SSSR count). The Balaban J connectivity index is 1.79. The van der Waals surface area contributed by atoms with Crippen LogP contribution in [0, 0.1) is 20.8 Å². The molecule has 0 unspecified atom stereocenters. The molecule has 2 heteroatoms. The Labute approximate surface area is 115 Å². The van der Waals surface area contributed by atoms with Crippen LogP contribution in [-0.4, -0.2) is 13.2 Å². The molecule has 0 radical (unpaired) electrons. The van der Waals surface area contributed by atoms with Gasteiger partial charge in [0.15, 0.2) is 0 Å². The first-order valence-corrected chi connectivity index (χ1v) is 6.65. The summed E-state index contributed by atoms with van der Waals surface area (Å²) < 4.78 is 5.68. The van der Waals surface area contributed by atoms with Gasteiger partial charge in [-0.25, -0.2) is 0 Å². The molecule has 0 heterocycles. The van der Waals surface area contributed by atoms with E-state index in [-0.39, 0.29) is 0 Å². The van der Waals surface area contributed by atoms with Crippen molar-refractivity contribution in [2.75, 3.05) is 18.5 Å². The Bertz CT molecular complexity index is 511. The summed E-state index contributed by atoms with van der Waals surface area (Å²) in [6.07, 6.45) is 0. The van der Waals surface area contributed by atoms with Crippen LogP contribution in [0.25, 0.3) is 0 Å². The molecule has 0 aliphatic carbocycles. The second-order valence-electron chi connectivity index (χ2n) is 4.96. The molecule has 100 valence electrons. The molecule has 2 aromatic carbocycles. The SMILES string of the molecule is Cc1ccc(OCCNc2cc(C)cc(C)c2)cc1. The molecule has 2 nitrogen and oxygen atoms in total. The van der Waals surface area contributed by atoms with E-state index >= 15 is 0 Å². The van der Waals surface area contributed by atoms with Crippen LogP contribution in [0.2, 0.25) is 0 Å². The van der Waals surface area contributed by atoms with E-state index in [0.29, 0.717) is 6.61 Å². The molecule has 19 heavy (non-hydrogen) atoms. The first-order valence-electron chi connectivity index (χ1n) is 6.65. The Morgan fingerprint density at radius 3 is 2.11 bits per heavy atom. The maximum Gasteiger partial charge on any atom is 0.119 e. The average molecular weight is 255 g/mol. The van der Waals surface area contributed by atoms with Crippen molar-refractivity contribution in [3.8, 4) is 5.75 Å². The van der Waals surface area contributed by atoms with Gasteiger partial charge in [-0.1, -0.05) is 23.8 Å². The van der Waals surface area contributed by atoms with Gasteiger partial charge < -0.3 is 10.1 Å². The smallest absolute Gasteiger partial charge is 0.119 e. The van der Waals surface area contributed by atoms with E-state index in [9.17, 15) is 0 Å². The lowest BCUT2D eigenvalue weighted by atomic mass is 10.1. The fraction of sp³-hybridized carbons (Fsp3) is 0.294. The van der Waals surface area contributed by atoms with Crippen molar-refractivity contribution in [1.29, 1.82) is 0 Å². The minimum absolute atomic E-state index is 0.663. The first-order chi connectivity index (χ1) is 9.13. The van der Waals surface area contributed by atoms with Crippen LogP contribution in [0.4, 0.5) is 5.69 Å². The summed E-state index contributed by atoms with van der Waals surface area (Å²) in [4.78, 5) is 0. The zero-order valence-electron chi connectivity index (χ0n) is 11.9. The topological polar surface area (TPSA) is 21.3 Å². The molecule has 0 aromatic heterocycles. The summed E-state index contributed by atoms with van der Waals surface area (Å²) in [6, 6.07) is 14.6. The largest absolute Gasteiger partial charge is 0.492 e. The minimum Gasteiger partial charge on any atom is -0.492 e. The van der Waals surface area contributed by atoms with Gasteiger partial charge in [-0.3, -0.25) is 0 Å². The van der Waals surface area contributed by atoms with E-state index in [1.165, 1.54) is 16.7 Å². The molecule has 0 spiro atoms. The number of benzene rings is 2. The van der Waals surface area contributed by atoms with E-state index in [4.69, 9.17) is 4.74 Å². The summed E-state index contributed by atoms with van der Waals surface area (Å²) >= 11 is 0. The maximum absolute atomic E-state index is 5.68. The zero-order valence-corrected chi connectivity index (χ0v) is 11.9. The molecular formula is C17H21NO. The fourth-order valence-corrected chi connectivity index (χ4v) is 2.08. The number of hydrogen-bond donors (Lipinski definition) is 1. The normalized spacial score (nSPS) is 10.3. The van der Waals surface area contributed by atoms with E-state index in [1.807, 2.05) is 12.1 Å². The predicted octanol–water partition coefficient (Wildman–Crippen LogP) is 4.10. The third-order valence-electron chi connectivity index (χ3n) is 2.94. The number of hydrogen-bond acceptors (Lipinski definition) is 2. The highest BCUT2D eigenvalue weighted by Crippen LogP contribution is 2.14. The van der Waals surface area contributed by atoms with Gasteiger partial charge in [-0.2, -0.15) is 0 Å². The van der Waals surface area contributed by atoms with Crippen LogP contribution in [-0.2, 0) is 0 Å². The second kappa shape index (κ2) is 6.28. The standard InChI is InChI=1S/C17H21NO/c1-13-4-6-17(7-5-13)19-9-8-18-16-11-14(2)10-15(3)12-16/h4-7,10-12,18H,8-9H2,1-3H3. The maximum atomic E-state index is 5.68. The second-order valence-corrected chi connectivity index (χ2v) is 4.96. The van der Waals surface area contributed by atoms with Crippen LogP contribution in [0.1, 0.15) is 16.7 Å². The minimum atomic E-state index is 0.663. The van der Waals surface area contributed by atoms with Crippen LogP contribution in [0.3, 0.4) is 0 Å². The molecule has 0 aliphatic rings. The Kier molecular flexibility index (Phi) is 4.45. The Morgan fingerprint density at radius 1 is 0.842 bits per heavy atom. The molecule has 0 amide bonds. The van der Waals surface area contributed by atoms with Gasteiger partial charge in [-0.15, -0.1) is 0 Å². The van der Waals surface area contributed by atoms with Crippen LogP contribution in [0.5, 0.6) is 5.75 Å². The molecular weight excluding hydrogens is 234 g/mol. The van der Waals surface area contributed by atoms with Crippen molar-refractivity contribution < 1.29 is 4.74 Å². The van der Waals surface area contributed by atoms with Crippen molar-refractivity contribution in [2.45, 2.75) is 20.8 Å². The van der Waals surface area contributed by atoms with E-state index in [1.54, 1.807) is 0 Å². The Hall–Kier alpha value is -1.96. The molecule has 0 fully saturated rings. The van der Waals surface area contributed by atoms with Gasteiger partial charge in [0.1, 0.15) is 12.4 Å². The van der Waals surface area contributed by atoms with Crippen molar-refractivity contribution >= 4 is 5.69 Å². The number of rotatable bonds is 5. The Morgan fingerprint density at radius 2 is 1.47 bits per heavy atom. The summed E-state index contributed by atoms with van der Waals surface area (Å²) in [5.41, 5.74) is 4.97. The summed E-state index contributed by atoms with van der Waals surface area (Å²) in [7, 11) is 0. The third-order valence-corrected chi connectivity index (χ3v) is 2.94.